The largest absolute Gasteiger partial charge is 0.207 e. The number of halogens is 2. The molecule has 0 N–H and O–H groups in total. The molecule has 80 valence electrons. The van der Waals surface area contributed by atoms with Crippen molar-refractivity contribution >= 4 is 16.6 Å². The highest BCUT2D eigenvalue weighted by atomic mass is 35.5. The van der Waals surface area contributed by atoms with Crippen LogP contribution in [0, 0.1) is 11.7 Å². The Morgan fingerprint density at radius 2 is 2.20 bits per heavy atom. The Hall–Kier alpha value is -0.820. The van der Waals surface area contributed by atoms with E-state index in [1.54, 1.807) is 6.07 Å². The molecule has 2 rings (SSSR count). The van der Waals surface area contributed by atoms with Crippen LogP contribution < -0.4 is 0 Å². The normalized spacial score (nSPS) is 19.7. The maximum absolute atomic E-state index is 13.6. The van der Waals surface area contributed by atoms with Gasteiger partial charge in [-0.3, -0.25) is 0 Å². The van der Waals surface area contributed by atoms with Crippen LogP contribution in [-0.2, 0) is 12.8 Å². The second kappa shape index (κ2) is 3.97. The molecular weight excluding hydrogens is 211 g/mol. The third-order valence-electron chi connectivity index (χ3n) is 2.88. The Morgan fingerprint density at radius 1 is 1.47 bits per heavy atom. The third-order valence-corrected chi connectivity index (χ3v) is 3.21. The van der Waals surface area contributed by atoms with Crippen molar-refractivity contribution in [2.45, 2.75) is 26.7 Å². The lowest BCUT2D eigenvalue weighted by atomic mass is 9.89. The standard InChI is InChI=1S/C13H14ClF/c1-3-9-6-11-10(7-13(9)15)4-8(2)5-12(11)14/h5-8H,3-4H2,1-2H3. The zero-order valence-electron chi connectivity index (χ0n) is 8.98. The molecule has 1 atom stereocenters. The molecule has 0 amide bonds. The maximum Gasteiger partial charge on any atom is 0.126 e. The summed E-state index contributed by atoms with van der Waals surface area (Å²) in [5.41, 5.74) is 2.78. The van der Waals surface area contributed by atoms with Gasteiger partial charge in [-0.05, 0) is 47.6 Å². The first kappa shape index (κ1) is 10.7. The Balaban J connectivity index is 2.55. The van der Waals surface area contributed by atoms with Gasteiger partial charge < -0.3 is 0 Å². The van der Waals surface area contributed by atoms with E-state index in [9.17, 15) is 4.39 Å². The van der Waals surface area contributed by atoms with Crippen LogP contribution >= 0.6 is 11.6 Å². The SMILES string of the molecule is CCc1cc2c(cc1F)CC(C)C=C2Cl. The minimum absolute atomic E-state index is 0.102. The van der Waals surface area contributed by atoms with E-state index in [0.717, 1.165) is 28.1 Å². The summed E-state index contributed by atoms with van der Waals surface area (Å²) in [7, 11) is 0. The molecule has 1 aromatic carbocycles. The van der Waals surface area contributed by atoms with E-state index in [-0.39, 0.29) is 5.82 Å². The van der Waals surface area contributed by atoms with Crippen LogP contribution in [0.5, 0.6) is 0 Å². The number of hydrogen-bond acceptors (Lipinski definition) is 0. The fourth-order valence-electron chi connectivity index (χ4n) is 2.07. The van der Waals surface area contributed by atoms with E-state index in [1.807, 2.05) is 19.1 Å². The van der Waals surface area contributed by atoms with Gasteiger partial charge in [-0.15, -0.1) is 0 Å². The molecular formula is C13H14ClF. The molecule has 0 nitrogen and oxygen atoms in total. The maximum atomic E-state index is 13.6. The predicted octanol–water partition coefficient (Wildman–Crippen LogP) is 4.16. The Morgan fingerprint density at radius 3 is 2.87 bits per heavy atom. The van der Waals surface area contributed by atoms with Crippen molar-refractivity contribution in [1.82, 2.24) is 0 Å². The Kier molecular flexibility index (Phi) is 2.83. The van der Waals surface area contributed by atoms with Gasteiger partial charge in [-0.25, -0.2) is 4.39 Å². The summed E-state index contributed by atoms with van der Waals surface area (Å²) < 4.78 is 13.6. The minimum Gasteiger partial charge on any atom is -0.207 e. The van der Waals surface area contributed by atoms with Crippen molar-refractivity contribution in [2.75, 3.05) is 0 Å². The van der Waals surface area contributed by atoms with E-state index in [1.165, 1.54) is 0 Å². The summed E-state index contributed by atoms with van der Waals surface area (Å²) in [6, 6.07) is 3.52. The van der Waals surface area contributed by atoms with Gasteiger partial charge in [0.2, 0.25) is 0 Å². The lowest BCUT2D eigenvalue weighted by Gasteiger charge is -2.19. The van der Waals surface area contributed by atoms with Crippen molar-refractivity contribution in [2.24, 2.45) is 5.92 Å². The number of aryl methyl sites for hydroxylation is 1. The Bertz CT molecular complexity index is 421. The van der Waals surface area contributed by atoms with Gasteiger partial charge in [0.1, 0.15) is 5.82 Å². The molecule has 0 aliphatic heterocycles. The molecule has 1 unspecified atom stereocenters. The molecule has 0 heterocycles. The van der Waals surface area contributed by atoms with E-state index in [4.69, 9.17) is 11.6 Å². The van der Waals surface area contributed by atoms with Gasteiger partial charge in [0, 0.05) is 5.03 Å². The first-order valence-corrected chi connectivity index (χ1v) is 5.68. The summed E-state index contributed by atoms with van der Waals surface area (Å²) in [5.74, 6) is 0.298. The van der Waals surface area contributed by atoms with Gasteiger partial charge in [-0.1, -0.05) is 31.5 Å². The van der Waals surface area contributed by atoms with Crippen LogP contribution in [-0.4, -0.2) is 0 Å². The minimum atomic E-state index is -0.102. The zero-order valence-corrected chi connectivity index (χ0v) is 9.74. The highest BCUT2D eigenvalue weighted by molar-refractivity contribution is 6.49. The number of fused-ring (bicyclic) bond motifs is 1. The second-order valence-electron chi connectivity index (χ2n) is 4.15. The van der Waals surface area contributed by atoms with Crippen LogP contribution in [0.25, 0.3) is 5.03 Å². The number of rotatable bonds is 1. The monoisotopic (exact) mass is 224 g/mol. The van der Waals surface area contributed by atoms with Crippen molar-refractivity contribution in [3.8, 4) is 0 Å². The average Bonchev–Trinajstić information content (AvgIpc) is 2.16. The van der Waals surface area contributed by atoms with Gasteiger partial charge in [-0.2, -0.15) is 0 Å². The van der Waals surface area contributed by atoms with Crippen LogP contribution in [0.15, 0.2) is 18.2 Å². The first-order valence-electron chi connectivity index (χ1n) is 5.30. The molecule has 0 aromatic heterocycles. The third kappa shape index (κ3) is 1.93. The summed E-state index contributed by atoms with van der Waals surface area (Å²) in [4.78, 5) is 0. The molecule has 1 aliphatic carbocycles. The van der Waals surface area contributed by atoms with Gasteiger partial charge >= 0.3 is 0 Å². The molecule has 1 aromatic rings. The molecule has 0 fully saturated rings. The first-order chi connectivity index (χ1) is 7.11. The molecule has 0 bridgehead atoms. The summed E-state index contributed by atoms with van der Waals surface area (Å²) in [6.45, 7) is 4.05. The van der Waals surface area contributed by atoms with E-state index in [2.05, 4.69) is 6.92 Å². The molecule has 15 heavy (non-hydrogen) atoms. The summed E-state index contributed by atoms with van der Waals surface area (Å²) >= 11 is 6.16. The Labute approximate surface area is 94.8 Å². The fraction of sp³-hybridized carbons (Fsp3) is 0.385. The fourth-order valence-corrected chi connectivity index (χ4v) is 2.46. The van der Waals surface area contributed by atoms with Crippen molar-refractivity contribution in [3.05, 3.63) is 40.7 Å². The molecule has 2 heteroatoms. The van der Waals surface area contributed by atoms with Crippen molar-refractivity contribution < 1.29 is 4.39 Å². The molecule has 0 saturated carbocycles. The van der Waals surface area contributed by atoms with Crippen LogP contribution in [0.2, 0.25) is 0 Å². The lowest BCUT2D eigenvalue weighted by Crippen LogP contribution is -2.07. The lowest BCUT2D eigenvalue weighted by molar-refractivity contribution is 0.605. The van der Waals surface area contributed by atoms with Crippen LogP contribution in [0.4, 0.5) is 4.39 Å². The van der Waals surface area contributed by atoms with Crippen LogP contribution in [0.1, 0.15) is 30.5 Å². The number of hydrogen-bond donors (Lipinski definition) is 0. The van der Waals surface area contributed by atoms with Gasteiger partial charge in [0.25, 0.3) is 0 Å². The molecule has 0 spiro atoms. The van der Waals surface area contributed by atoms with Gasteiger partial charge in [0.15, 0.2) is 0 Å². The highest BCUT2D eigenvalue weighted by Gasteiger charge is 2.17. The second-order valence-corrected chi connectivity index (χ2v) is 4.56. The van der Waals surface area contributed by atoms with Crippen molar-refractivity contribution in [1.29, 1.82) is 0 Å². The van der Waals surface area contributed by atoms with E-state index in [0.29, 0.717) is 12.3 Å². The number of allylic oxidation sites excluding steroid dienone is 1. The topological polar surface area (TPSA) is 0 Å². The predicted molar refractivity (Wildman–Crippen MR) is 62.5 cm³/mol. The van der Waals surface area contributed by atoms with Crippen molar-refractivity contribution in [3.63, 3.8) is 0 Å². The smallest absolute Gasteiger partial charge is 0.126 e. The average molecular weight is 225 g/mol. The summed E-state index contributed by atoms with van der Waals surface area (Å²) in [6.07, 6.45) is 3.63. The van der Waals surface area contributed by atoms with Crippen LogP contribution in [0.3, 0.4) is 0 Å². The van der Waals surface area contributed by atoms with E-state index >= 15 is 0 Å². The zero-order chi connectivity index (χ0) is 11.0. The molecule has 1 aliphatic rings. The highest BCUT2D eigenvalue weighted by Crippen LogP contribution is 2.33. The summed E-state index contributed by atoms with van der Waals surface area (Å²) in [5, 5.41) is 0.762. The number of benzene rings is 1. The van der Waals surface area contributed by atoms with Gasteiger partial charge in [0.05, 0.1) is 0 Å². The quantitative estimate of drug-likeness (QED) is 0.672. The molecule has 0 radical (unpaired) electrons. The molecule has 0 saturated heterocycles. The van der Waals surface area contributed by atoms with E-state index < -0.39 is 0 Å².